The Bertz CT molecular complexity index is 857. The number of benzene rings is 1. The van der Waals surface area contributed by atoms with E-state index in [9.17, 15) is 27.9 Å². The highest BCUT2D eigenvalue weighted by Crippen LogP contribution is 2.29. The van der Waals surface area contributed by atoms with Gasteiger partial charge >= 0.3 is 18.2 Å². The molecule has 12 heteroatoms. The Balaban J connectivity index is 1.51. The number of aliphatic hydroxyl groups is 1. The van der Waals surface area contributed by atoms with E-state index >= 15 is 0 Å². The van der Waals surface area contributed by atoms with Crippen LogP contribution < -0.4 is 10.2 Å². The highest BCUT2D eigenvalue weighted by molar-refractivity contribution is 6.01. The Labute approximate surface area is 156 Å². The van der Waals surface area contributed by atoms with Crippen LogP contribution >= 0.6 is 0 Å². The Hall–Kier alpha value is -3.15. The smallest absolute Gasteiger partial charge is 0.417 e. The molecule has 1 aromatic carbocycles. The molecule has 2 N–H and O–H groups in total. The number of carbonyl (C=O) groups excluding carboxylic acids is 2. The molecule has 1 fully saturated rings. The van der Waals surface area contributed by atoms with E-state index in [4.69, 9.17) is 4.74 Å². The Morgan fingerprint density at radius 3 is 2.68 bits per heavy atom. The van der Waals surface area contributed by atoms with Crippen LogP contribution in [0.25, 0.3) is 0 Å². The fourth-order valence-corrected chi connectivity index (χ4v) is 2.56. The zero-order valence-corrected chi connectivity index (χ0v) is 14.3. The number of halogens is 3. The Morgan fingerprint density at radius 1 is 1.32 bits per heavy atom. The fraction of sp³-hybridized carbons (Fsp3) is 0.375. The molecule has 0 unspecified atom stereocenters. The average molecular weight is 400 g/mol. The minimum Gasteiger partial charge on any atom is -0.417 e. The molecule has 150 valence electrons. The highest BCUT2D eigenvalue weighted by Gasteiger charge is 2.49. The van der Waals surface area contributed by atoms with Gasteiger partial charge in [0, 0.05) is 31.6 Å². The van der Waals surface area contributed by atoms with E-state index in [-0.39, 0.29) is 31.8 Å². The SMILES string of the molecule is O=C(NCCc1nnc(C(F)(F)F)o1)O[C@@]1(O)CCN(c2ccccc2)C1=O. The van der Waals surface area contributed by atoms with Gasteiger partial charge in [-0.1, -0.05) is 18.2 Å². The quantitative estimate of drug-likeness (QED) is 0.730. The molecule has 2 aromatic rings. The lowest BCUT2D eigenvalue weighted by Gasteiger charge is -2.22. The van der Waals surface area contributed by atoms with Gasteiger partial charge in [0.25, 0.3) is 11.7 Å². The number of hydrogen-bond donors (Lipinski definition) is 2. The number of nitrogens with one attached hydrogen (secondary N) is 1. The van der Waals surface area contributed by atoms with Crippen molar-refractivity contribution in [2.24, 2.45) is 0 Å². The summed E-state index contributed by atoms with van der Waals surface area (Å²) in [5.41, 5.74) is 0.546. The lowest BCUT2D eigenvalue weighted by atomic mass is 10.2. The van der Waals surface area contributed by atoms with Crippen LogP contribution in [0.5, 0.6) is 0 Å². The predicted octanol–water partition coefficient (Wildman–Crippen LogP) is 1.48. The molecule has 1 aromatic heterocycles. The van der Waals surface area contributed by atoms with Gasteiger partial charge in [0.1, 0.15) is 0 Å². The maximum Gasteiger partial charge on any atom is 0.470 e. The van der Waals surface area contributed by atoms with Crippen LogP contribution in [-0.2, 0) is 22.1 Å². The first-order chi connectivity index (χ1) is 13.2. The van der Waals surface area contributed by atoms with Gasteiger partial charge in [0.15, 0.2) is 0 Å². The van der Waals surface area contributed by atoms with Gasteiger partial charge in [0.05, 0.1) is 0 Å². The topological polar surface area (TPSA) is 118 Å². The second-order valence-electron chi connectivity index (χ2n) is 5.89. The van der Waals surface area contributed by atoms with Crippen LogP contribution in [0.15, 0.2) is 34.7 Å². The number of rotatable bonds is 5. The van der Waals surface area contributed by atoms with E-state index in [1.165, 1.54) is 4.90 Å². The molecule has 9 nitrogen and oxygen atoms in total. The summed E-state index contributed by atoms with van der Waals surface area (Å²) in [7, 11) is 0. The molecular weight excluding hydrogens is 385 g/mol. The monoisotopic (exact) mass is 400 g/mol. The van der Waals surface area contributed by atoms with Crippen LogP contribution in [-0.4, -0.2) is 46.2 Å². The van der Waals surface area contributed by atoms with Crippen LogP contribution in [0.1, 0.15) is 18.2 Å². The predicted molar refractivity (Wildman–Crippen MR) is 85.8 cm³/mol. The third-order valence-corrected chi connectivity index (χ3v) is 3.90. The average Bonchev–Trinajstić information content (AvgIpc) is 3.22. The Kier molecular flexibility index (Phi) is 5.23. The van der Waals surface area contributed by atoms with Gasteiger partial charge in [-0.3, -0.25) is 4.79 Å². The summed E-state index contributed by atoms with van der Waals surface area (Å²) in [4.78, 5) is 25.5. The molecule has 1 aliphatic rings. The molecule has 0 saturated carbocycles. The van der Waals surface area contributed by atoms with E-state index in [2.05, 4.69) is 19.9 Å². The maximum absolute atomic E-state index is 12.4. The number of ether oxygens (including phenoxy) is 1. The highest BCUT2D eigenvalue weighted by atomic mass is 19.4. The second kappa shape index (κ2) is 7.46. The minimum atomic E-state index is -4.76. The van der Waals surface area contributed by atoms with Crippen LogP contribution in [0.3, 0.4) is 0 Å². The molecule has 28 heavy (non-hydrogen) atoms. The van der Waals surface area contributed by atoms with E-state index in [1.54, 1.807) is 30.3 Å². The molecule has 0 bridgehead atoms. The van der Waals surface area contributed by atoms with E-state index < -0.39 is 29.9 Å². The first-order valence-electron chi connectivity index (χ1n) is 8.15. The third kappa shape index (κ3) is 4.22. The van der Waals surface area contributed by atoms with Crippen molar-refractivity contribution >= 4 is 17.7 Å². The zero-order chi connectivity index (χ0) is 20.4. The summed E-state index contributed by atoms with van der Waals surface area (Å²) < 4.78 is 46.3. The number of alkyl halides is 3. The molecule has 3 rings (SSSR count). The van der Waals surface area contributed by atoms with Gasteiger partial charge in [-0.2, -0.15) is 13.2 Å². The number of aromatic nitrogens is 2. The summed E-state index contributed by atoms with van der Waals surface area (Å²) >= 11 is 0. The van der Waals surface area contributed by atoms with Crippen molar-refractivity contribution in [3.8, 4) is 0 Å². The lowest BCUT2D eigenvalue weighted by Crippen LogP contribution is -2.46. The van der Waals surface area contributed by atoms with Crippen LogP contribution in [0.2, 0.25) is 0 Å². The minimum absolute atomic E-state index is 0.132. The van der Waals surface area contributed by atoms with E-state index in [0.717, 1.165) is 0 Å². The molecule has 0 radical (unpaired) electrons. The summed E-state index contributed by atoms with van der Waals surface area (Å²) in [6.45, 7) is -0.0557. The molecule has 1 aliphatic heterocycles. The number of anilines is 1. The molecule has 0 aliphatic carbocycles. The van der Waals surface area contributed by atoms with Gasteiger partial charge in [-0.15, -0.1) is 10.2 Å². The Morgan fingerprint density at radius 2 is 2.04 bits per heavy atom. The molecular formula is C16H15F3N4O5. The lowest BCUT2D eigenvalue weighted by molar-refractivity contribution is -0.175. The number of carbonyl (C=O) groups is 2. The number of hydrogen-bond acceptors (Lipinski definition) is 7. The van der Waals surface area contributed by atoms with Crippen LogP contribution in [0.4, 0.5) is 23.7 Å². The first kappa shape index (κ1) is 19.6. The van der Waals surface area contributed by atoms with Crippen molar-refractivity contribution in [1.29, 1.82) is 0 Å². The third-order valence-electron chi connectivity index (χ3n) is 3.90. The maximum atomic E-state index is 12.4. The number of amides is 2. The van der Waals surface area contributed by atoms with Gasteiger partial charge in [0.2, 0.25) is 5.89 Å². The summed E-state index contributed by atoms with van der Waals surface area (Å²) in [5, 5.41) is 18.6. The molecule has 0 spiro atoms. The van der Waals surface area contributed by atoms with Gasteiger partial charge in [-0.05, 0) is 12.1 Å². The van der Waals surface area contributed by atoms with Crippen molar-refractivity contribution in [1.82, 2.24) is 15.5 Å². The van der Waals surface area contributed by atoms with E-state index in [0.29, 0.717) is 5.69 Å². The second-order valence-corrected chi connectivity index (χ2v) is 5.89. The molecule has 1 saturated heterocycles. The normalized spacial score (nSPS) is 19.7. The first-order valence-corrected chi connectivity index (χ1v) is 8.15. The van der Waals surface area contributed by atoms with Crippen LogP contribution in [0, 0.1) is 0 Å². The fourth-order valence-electron chi connectivity index (χ4n) is 2.56. The largest absolute Gasteiger partial charge is 0.470 e. The molecule has 1 atom stereocenters. The number of para-hydroxylation sites is 1. The molecule has 2 heterocycles. The van der Waals surface area contributed by atoms with Crippen molar-refractivity contribution in [3.63, 3.8) is 0 Å². The summed E-state index contributed by atoms with van der Waals surface area (Å²) in [6.07, 6.45) is -6.19. The van der Waals surface area contributed by atoms with Gasteiger partial charge < -0.3 is 24.5 Å². The van der Waals surface area contributed by atoms with Crippen molar-refractivity contribution in [3.05, 3.63) is 42.1 Å². The standard InChI is InChI=1S/C16H15F3N4O5/c17-16(18,19)12-22-21-11(27-12)6-8-20-14(25)28-15(26)7-9-23(13(15)24)10-4-2-1-3-5-10/h1-5,26H,6-9H2,(H,20,25)/t15-/m0/s1. The number of nitrogens with zero attached hydrogens (tertiary/aromatic N) is 3. The van der Waals surface area contributed by atoms with E-state index in [1.807, 2.05) is 0 Å². The molecule has 2 amide bonds. The zero-order valence-electron chi connectivity index (χ0n) is 14.3. The summed E-state index contributed by atoms with van der Waals surface area (Å²) in [5.74, 6) is -4.94. The van der Waals surface area contributed by atoms with Crippen molar-refractivity contribution < 1.29 is 37.0 Å². The van der Waals surface area contributed by atoms with Crippen molar-refractivity contribution in [2.75, 3.05) is 18.0 Å². The number of alkyl carbamates (subject to hydrolysis) is 1. The summed E-state index contributed by atoms with van der Waals surface area (Å²) in [6, 6.07) is 8.54. The van der Waals surface area contributed by atoms with Crippen molar-refractivity contribution in [2.45, 2.75) is 24.8 Å². The van der Waals surface area contributed by atoms with Gasteiger partial charge in [-0.25, -0.2) is 4.79 Å².